The minimum absolute atomic E-state index is 0.0281. The van der Waals surface area contributed by atoms with Crippen LogP contribution in [0, 0.1) is 11.3 Å². The molecule has 0 radical (unpaired) electrons. The first-order chi connectivity index (χ1) is 12.6. The van der Waals surface area contributed by atoms with E-state index < -0.39 is 27.4 Å². The summed E-state index contributed by atoms with van der Waals surface area (Å²) in [4.78, 5) is 13.7. The fraction of sp³-hybridized carbons (Fsp3) is 0.625. The van der Waals surface area contributed by atoms with Crippen molar-refractivity contribution >= 4 is 26.9 Å². The summed E-state index contributed by atoms with van der Waals surface area (Å²) >= 11 is 0. The van der Waals surface area contributed by atoms with E-state index in [1.807, 2.05) is 13.0 Å². The van der Waals surface area contributed by atoms with Crippen LogP contribution in [0.5, 0.6) is 0 Å². The van der Waals surface area contributed by atoms with Crippen LogP contribution in [0.4, 0.5) is 19.0 Å². The minimum Gasteiger partial charge on any atom is -0.355 e. The number of piperidine rings is 1. The lowest BCUT2D eigenvalue weighted by atomic mass is 9.75. The Morgan fingerprint density at radius 2 is 2.11 bits per heavy atom. The van der Waals surface area contributed by atoms with Crippen LogP contribution in [0.3, 0.4) is 0 Å². The molecule has 2 aromatic rings. The predicted octanol–water partition coefficient (Wildman–Crippen LogP) is 2.00. The highest BCUT2D eigenvalue weighted by atomic mass is 32.2. The monoisotopic (exact) mass is 403 g/mol. The molecule has 27 heavy (non-hydrogen) atoms. The number of anilines is 1. The van der Waals surface area contributed by atoms with E-state index in [9.17, 15) is 21.6 Å². The van der Waals surface area contributed by atoms with Crippen LogP contribution in [0.1, 0.15) is 13.3 Å². The third kappa shape index (κ3) is 3.38. The van der Waals surface area contributed by atoms with Gasteiger partial charge in [0.05, 0.1) is 5.39 Å². The van der Waals surface area contributed by atoms with Crippen molar-refractivity contribution in [1.82, 2.24) is 19.3 Å². The van der Waals surface area contributed by atoms with E-state index in [-0.39, 0.29) is 19.0 Å². The number of aromatic nitrogens is 3. The molecule has 2 saturated heterocycles. The van der Waals surface area contributed by atoms with Gasteiger partial charge in [-0.1, -0.05) is 6.92 Å². The van der Waals surface area contributed by atoms with Gasteiger partial charge in [-0.15, -0.1) is 0 Å². The third-order valence-corrected chi connectivity index (χ3v) is 7.38. The molecular weight excluding hydrogens is 383 g/mol. The first-order valence-electron chi connectivity index (χ1n) is 8.65. The molecule has 0 spiro atoms. The highest BCUT2D eigenvalue weighted by Crippen LogP contribution is 2.44. The van der Waals surface area contributed by atoms with E-state index in [0.717, 1.165) is 15.5 Å². The van der Waals surface area contributed by atoms with Gasteiger partial charge in [0.15, 0.2) is 5.75 Å². The van der Waals surface area contributed by atoms with Crippen LogP contribution in [0.2, 0.25) is 0 Å². The number of fused-ring (bicyclic) bond motifs is 2. The van der Waals surface area contributed by atoms with Crippen molar-refractivity contribution in [2.75, 3.05) is 36.8 Å². The lowest BCUT2D eigenvalue weighted by molar-refractivity contribution is -0.107. The molecule has 2 atom stereocenters. The van der Waals surface area contributed by atoms with Crippen LogP contribution in [0.15, 0.2) is 18.6 Å². The van der Waals surface area contributed by atoms with E-state index in [4.69, 9.17) is 0 Å². The normalized spacial score (nSPS) is 27.3. The molecule has 4 heterocycles. The lowest BCUT2D eigenvalue weighted by Gasteiger charge is -2.42. The number of sulfonamides is 1. The molecule has 0 aromatic carbocycles. The number of hydrogen-bond acceptors (Lipinski definition) is 5. The van der Waals surface area contributed by atoms with Crippen molar-refractivity contribution in [2.45, 2.75) is 19.5 Å². The summed E-state index contributed by atoms with van der Waals surface area (Å²) in [5.74, 6) is -1.01. The highest BCUT2D eigenvalue weighted by molar-refractivity contribution is 7.89. The second-order valence-corrected chi connectivity index (χ2v) is 9.63. The molecule has 2 unspecified atom stereocenters. The molecule has 0 bridgehead atoms. The van der Waals surface area contributed by atoms with Gasteiger partial charge in [0.25, 0.3) is 0 Å². The molecule has 7 nitrogen and oxygen atoms in total. The van der Waals surface area contributed by atoms with Crippen molar-refractivity contribution < 1.29 is 21.6 Å². The summed E-state index contributed by atoms with van der Waals surface area (Å²) in [5.41, 5.74) is 0.290. The zero-order valence-corrected chi connectivity index (χ0v) is 15.5. The smallest absolute Gasteiger partial charge is 0.355 e. The molecule has 2 aliphatic heterocycles. The summed E-state index contributed by atoms with van der Waals surface area (Å²) in [6.07, 6.45) is -0.791. The summed E-state index contributed by atoms with van der Waals surface area (Å²) < 4.78 is 63.3. The molecule has 11 heteroatoms. The van der Waals surface area contributed by atoms with E-state index >= 15 is 0 Å². The predicted molar refractivity (Wildman–Crippen MR) is 93.7 cm³/mol. The first kappa shape index (κ1) is 18.5. The van der Waals surface area contributed by atoms with Crippen LogP contribution in [-0.4, -0.2) is 65.8 Å². The molecule has 2 aromatic heterocycles. The summed E-state index contributed by atoms with van der Waals surface area (Å²) in [6, 6.07) is 1.88. The number of aromatic amines is 1. The zero-order valence-electron chi connectivity index (χ0n) is 14.7. The van der Waals surface area contributed by atoms with E-state index in [1.165, 1.54) is 6.33 Å². The van der Waals surface area contributed by atoms with Crippen LogP contribution < -0.4 is 4.90 Å². The molecule has 2 fully saturated rings. The van der Waals surface area contributed by atoms with Crippen molar-refractivity contribution in [3.8, 4) is 0 Å². The molecule has 0 aliphatic carbocycles. The molecule has 0 saturated carbocycles. The first-order valence-corrected chi connectivity index (χ1v) is 10.3. The Balaban J connectivity index is 1.57. The highest BCUT2D eigenvalue weighted by Gasteiger charge is 2.51. The van der Waals surface area contributed by atoms with Crippen molar-refractivity contribution in [1.29, 1.82) is 0 Å². The van der Waals surface area contributed by atoms with Gasteiger partial charge in [0, 0.05) is 37.8 Å². The molecule has 2 aliphatic rings. The second-order valence-electron chi connectivity index (χ2n) is 7.66. The summed E-state index contributed by atoms with van der Waals surface area (Å²) in [7, 11) is -4.36. The number of rotatable bonds is 3. The molecule has 0 amide bonds. The van der Waals surface area contributed by atoms with Crippen LogP contribution in [0.25, 0.3) is 11.0 Å². The Bertz CT molecular complexity index is 960. The number of alkyl halides is 3. The topological polar surface area (TPSA) is 82.2 Å². The lowest BCUT2D eigenvalue weighted by Crippen LogP contribution is -2.47. The number of nitrogens with one attached hydrogen (secondary N) is 1. The third-order valence-electron chi connectivity index (χ3n) is 5.62. The fourth-order valence-electron chi connectivity index (χ4n) is 4.31. The van der Waals surface area contributed by atoms with Crippen molar-refractivity contribution in [3.05, 3.63) is 18.6 Å². The Hall–Kier alpha value is -1.88. The van der Waals surface area contributed by atoms with Gasteiger partial charge in [0.1, 0.15) is 17.8 Å². The van der Waals surface area contributed by atoms with Crippen LogP contribution >= 0.6 is 0 Å². The molecule has 148 valence electrons. The summed E-state index contributed by atoms with van der Waals surface area (Å²) in [6.45, 7) is 3.39. The molecular formula is C16H20F3N5O2S. The Kier molecular flexibility index (Phi) is 4.15. The molecule has 1 N–H and O–H groups in total. The maximum Gasteiger partial charge on any atom is 0.404 e. The van der Waals surface area contributed by atoms with Gasteiger partial charge < -0.3 is 9.88 Å². The maximum absolute atomic E-state index is 12.6. The quantitative estimate of drug-likeness (QED) is 0.848. The van der Waals surface area contributed by atoms with Gasteiger partial charge in [-0.05, 0) is 18.4 Å². The fourth-order valence-corrected chi connectivity index (χ4v) is 5.80. The number of nitrogens with zero attached hydrogens (tertiary/aromatic N) is 4. The van der Waals surface area contributed by atoms with Gasteiger partial charge in [-0.3, -0.25) is 0 Å². The van der Waals surface area contributed by atoms with Gasteiger partial charge in [-0.25, -0.2) is 22.7 Å². The van der Waals surface area contributed by atoms with Crippen LogP contribution in [-0.2, 0) is 10.0 Å². The van der Waals surface area contributed by atoms with Gasteiger partial charge >= 0.3 is 6.18 Å². The average Bonchev–Trinajstić information content (AvgIpc) is 3.15. The second kappa shape index (κ2) is 6.06. The van der Waals surface area contributed by atoms with Gasteiger partial charge in [0.2, 0.25) is 10.0 Å². The Labute approximate surface area is 154 Å². The van der Waals surface area contributed by atoms with Crippen molar-refractivity contribution in [3.63, 3.8) is 0 Å². The summed E-state index contributed by atoms with van der Waals surface area (Å²) in [5, 5.41) is 0.874. The van der Waals surface area contributed by atoms with E-state index in [2.05, 4.69) is 19.9 Å². The largest absolute Gasteiger partial charge is 0.404 e. The number of hydrogen-bond donors (Lipinski definition) is 1. The average molecular weight is 403 g/mol. The Morgan fingerprint density at radius 1 is 1.33 bits per heavy atom. The minimum atomic E-state index is -4.74. The standard InChI is InChI=1S/C16H20F3N5O2S/c1-15-7-23(14-12-2-4-20-13(12)21-10-22-14)5-3-11(15)6-24(8-15)27(25,26)9-16(17,18)19/h2,4,10-11H,3,5-9H2,1H3,(H,20,21,22). The van der Waals surface area contributed by atoms with E-state index in [0.29, 0.717) is 25.2 Å². The Morgan fingerprint density at radius 3 is 2.85 bits per heavy atom. The van der Waals surface area contributed by atoms with Gasteiger partial charge in [-0.2, -0.15) is 13.2 Å². The van der Waals surface area contributed by atoms with Crippen molar-refractivity contribution in [2.24, 2.45) is 11.3 Å². The number of H-pyrrole nitrogens is 1. The zero-order chi connectivity index (χ0) is 19.4. The SMILES string of the molecule is CC12CN(c3ncnc4[nH]ccc34)CCC1CN(S(=O)(=O)CC(F)(F)F)C2. The molecule has 4 rings (SSSR count). The number of halogens is 3. The maximum atomic E-state index is 12.6. The van der Waals surface area contributed by atoms with E-state index in [1.54, 1.807) is 6.20 Å².